The van der Waals surface area contributed by atoms with E-state index in [4.69, 9.17) is 9.47 Å². The fourth-order valence-electron chi connectivity index (χ4n) is 4.32. The highest BCUT2D eigenvalue weighted by atomic mass is 16.6. The maximum Gasteiger partial charge on any atom is 0.226 e. The number of hydrogen-bond acceptors (Lipinski definition) is 7. The number of pyridine rings is 1. The Morgan fingerprint density at radius 2 is 1.97 bits per heavy atom. The molecule has 1 aromatic heterocycles. The van der Waals surface area contributed by atoms with E-state index in [9.17, 15) is 4.79 Å². The van der Waals surface area contributed by atoms with E-state index in [2.05, 4.69) is 32.1 Å². The van der Waals surface area contributed by atoms with E-state index in [-0.39, 0.29) is 17.9 Å². The zero-order chi connectivity index (χ0) is 20.3. The average Bonchev–Trinajstić information content (AvgIpc) is 3.50. The van der Waals surface area contributed by atoms with Crippen molar-refractivity contribution in [1.29, 1.82) is 0 Å². The summed E-state index contributed by atoms with van der Waals surface area (Å²) in [5.74, 6) is 2.29. The third kappa shape index (κ3) is 3.93. The van der Waals surface area contributed by atoms with Crippen LogP contribution in [0.4, 0.5) is 5.82 Å². The van der Waals surface area contributed by atoms with Crippen molar-refractivity contribution in [1.82, 2.24) is 21.2 Å². The quantitative estimate of drug-likeness (QED) is 0.690. The molecule has 5 rings (SSSR count). The molecule has 158 valence electrons. The fraction of sp³-hybridized carbons (Fsp3) is 0.455. The van der Waals surface area contributed by atoms with E-state index < -0.39 is 0 Å². The van der Waals surface area contributed by atoms with Crippen LogP contribution in [0.3, 0.4) is 0 Å². The number of carbonyl (C=O) groups excluding carboxylic acids is 1. The largest absolute Gasteiger partial charge is 0.486 e. The number of amides is 1. The monoisotopic (exact) mass is 409 g/mol. The minimum absolute atomic E-state index is 0.0203. The van der Waals surface area contributed by atoms with Crippen LogP contribution in [0.25, 0.3) is 0 Å². The molecule has 0 radical (unpaired) electrons. The van der Waals surface area contributed by atoms with Crippen molar-refractivity contribution < 1.29 is 14.3 Å². The molecule has 2 fully saturated rings. The number of hydrogen-bond donors (Lipinski definition) is 3. The lowest BCUT2D eigenvalue weighted by molar-refractivity contribution is -0.125. The number of nitrogens with zero attached hydrogens (tertiary/aromatic N) is 2. The first kappa shape index (κ1) is 19.1. The SMILES string of the molecule is O=C(NCc1ccnc(N2CCCC2)c1)C1CNNC1c1ccc2c(c1)OCCO2. The highest BCUT2D eigenvalue weighted by Crippen LogP contribution is 2.35. The van der Waals surface area contributed by atoms with Gasteiger partial charge in [0.25, 0.3) is 0 Å². The topological polar surface area (TPSA) is 87.8 Å². The van der Waals surface area contributed by atoms with Crippen LogP contribution in [0.5, 0.6) is 11.5 Å². The number of aromatic nitrogens is 1. The highest BCUT2D eigenvalue weighted by Gasteiger charge is 2.34. The number of nitrogens with one attached hydrogen (secondary N) is 3. The summed E-state index contributed by atoms with van der Waals surface area (Å²) < 4.78 is 11.3. The lowest BCUT2D eigenvalue weighted by atomic mass is 9.93. The Kier molecular flexibility index (Phi) is 5.42. The number of hydrazine groups is 1. The van der Waals surface area contributed by atoms with E-state index in [0.29, 0.717) is 26.3 Å². The first-order valence-electron chi connectivity index (χ1n) is 10.6. The van der Waals surface area contributed by atoms with Gasteiger partial charge < -0.3 is 19.7 Å². The Bertz CT molecular complexity index is 915. The van der Waals surface area contributed by atoms with Gasteiger partial charge in [0.1, 0.15) is 19.0 Å². The average molecular weight is 409 g/mol. The fourth-order valence-corrected chi connectivity index (χ4v) is 4.32. The second kappa shape index (κ2) is 8.49. The van der Waals surface area contributed by atoms with Crippen LogP contribution in [0.15, 0.2) is 36.5 Å². The minimum Gasteiger partial charge on any atom is -0.486 e. The van der Waals surface area contributed by atoms with Crippen LogP contribution in [-0.4, -0.2) is 43.7 Å². The molecule has 30 heavy (non-hydrogen) atoms. The molecule has 3 aliphatic rings. The van der Waals surface area contributed by atoms with Crippen molar-refractivity contribution in [3.63, 3.8) is 0 Å². The highest BCUT2D eigenvalue weighted by molar-refractivity contribution is 5.80. The molecule has 2 saturated heterocycles. The van der Waals surface area contributed by atoms with E-state index in [1.807, 2.05) is 30.5 Å². The van der Waals surface area contributed by atoms with Gasteiger partial charge in [0.15, 0.2) is 11.5 Å². The molecule has 0 aliphatic carbocycles. The second-order valence-electron chi connectivity index (χ2n) is 7.95. The van der Waals surface area contributed by atoms with Crippen LogP contribution in [-0.2, 0) is 11.3 Å². The molecule has 0 spiro atoms. The third-order valence-electron chi connectivity index (χ3n) is 5.95. The van der Waals surface area contributed by atoms with Crippen molar-refractivity contribution >= 4 is 11.7 Å². The first-order valence-corrected chi connectivity index (χ1v) is 10.6. The van der Waals surface area contributed by atoms with Gasteiger partial charge in [-0.15, -0.1) is 0 Å². The Morgan fingerprint density at radius 3 is 2.83 bits per heavy atom. The van der Waals surface area contributed by atoms with Crippen LogP contribution in [0.2, 0.25) is 0 Å². The summed E-state index contributed by atoms with van der Waals surface area (Å²) in [6, 6.07) is 9.78. The van der Waals surface area contributed by atoms with Crippen molar-refractivity contribution in [2.24, 2.45) is 5.92 Å². The van der Waals surface area contributed by atoms with Crippen molar-refractivity contribution in [2.75, 3.05) is 37.7 Å². The summed E-state index contributed by atoms with van der Waals surface area (Å²) in [6.45, 7) is 4.28. The molecule has 3 N–H and O–H groups in total. The predicted molar refractivity (Wildman–Crippen MR) is 112 cm³/mol. The van der Waals surface area contributed by atoms with Crippen molar-refractivity contribution in [2.45, 2.75) is 25.4 Å². The molecule has 2 aromatic rings. The molecule has 8 nitrogen and oxygen atoms in total. The number of fused-ring (bicyclic) bond motifs is 1. The van der Waals surface area contributed by atoms with Gasteiger partial charge in [-0.05, 0) is 48.2 Å². The zero-order valence-electron chi connectivity index (χ0n) is 16.9. The van der Waals surface area contributed by atoms with E-state index in [1.165, 1.54) is 12.8 Å². The number of benzene rings is 1. The number of ether oxygens (including phenoxy) is 2. The molecule has 2 atom stereocenters. The first-order chi connectivity index (χ1) is 14.8. The van der Waals surface area contributed by atoms with Crippen molar-refractivity contribution in [3.05, 3.63) is 47.7 Å². The van der Waals surface area contributed by atoms with Gasteiger partial charge in [-0.1, -0.05) is 6.07 Å². The molecular weight excluding hydrogens is 382 g/mol. The van der Waals surface area contributed by atoms with Gasteiger partial charge in [0.05, 0.1) is 12.0 Å². The van der Waals surface area contributed by atoms with Crippen molar-refractivity contribution in [3.8, 4) is 11.5 Å². The summed E-state index contributed by atoms with van der Waals surface area (Å²) in [6.07, 6.45) is 4.25. The summed E-state index contributed by atoms with van der Waals surface area (Å²) in [7, 11) is 0. The van der Waals surface area contributed by atoms with Crippen LogP contribution in [0, 0.1) is 5.92 Å². The molecular formula is C22H27N5O3. The Hall–Kier alpha value is -2.84. The Morgan fingerprint density at radius 1 is 1.13 bits per heavy atom. The van der Waals surface area contributed by atoms with Crippen LogP contribution >= 0.6 is 0 Å². The lowest BCUT2D eigenvalue weighted by Gasteiger charge is -2.22. The Balaban J connectivity index is 1.24. The molecule has 8 heteroatoms. The number of carbonyl (C=O) groups is 1. The Labute approximate surface area is 175 Å². The maximum atomic E-state index is 13.0. The molecule has 1 aromatic carbocycles. The molecule has 0 bridgehead atoms. The molecule has 4 heterocycles. The van der Waals surface area contributed by atoms with Crippen LogP contribution < -0.4 is 30.5 Å². The molecule has 2 unspecified atom stereocenters. The molecule has 0 saturated carbocycles. The second-order valence-corrected chi connectivity index (χ2v) is 7.95. The summed E-state index contributed by atoms with van der Waals surface area (Å²) in [5.41, 5.74) is 8.43. The number of rotatable bonds is 5. The smallest absolute Gasteiger partial charge is 0.226 e. The van der Waals surface area contributed by atoms with E-state index in [1.54, 1.807) is 0 Å². The minimum atomic E-state index is -0.215. The van der Waals surface area contributed by atoms with Gasteiger partial charge in [0.2, 0.25) is 5.91 Å². The maximum absolute atomic E-state index is 13.0. The molecule has 1 amide bonds. The van der Waals surface area contributed by atoms with Gasteiger partial charge in [-0.3, -0.25) is 10.2 Å². The predicted octanol–water partition coefficient (Wildman–Crippen LogP) is 1.53. The lowest BCUT2D eigenvalue weighted by Crippen LogP contribution is -2.34. The summed E-state index contributed by atoms with van der Waals surface area (Å²) >= 11 is 0. The summed E-state index contributed by atoms with van der Waals surface area (Å²) in [5, 5.41) is 3.10. The van der Waals surface area contributed by atoms with Gasteiger partial charge in [-0.2, -0.15) is 0 Å². The van der Waals surface area contributed by atoms with Gasteiger partial charge in [-0.25, -0.2) is 10.4 Å². The van der Waals surface area contributed by atoms with E-state index >= 15 is 0 Å². The normalized spacial score (nSPS) is 22.9. The number of anilines is 1. The third-order valence-corrected chi connectivity index (χ3v) is 5.95. The van der Waals surface area contributed by atoms with E-state index in [0.717, 1.165) is 41.5 Å². The standard InChI is InChI=1S/C22H27N5O3/c28-22(24-13-15-5-6-23-20(11-15)27-7-1-2-8-27)17-14-25-26-21(17)16-3-4-18-19(12-16)30-10-9-29-18/h3-6,11-12,17,21,25-26H,1-2,7-10,13-14H2,(H,24,28). The molecule has 3 aliphatic heterocycles. The van der Waals surface area contributed by atoms with Gasteiger partial charge in [0, 0.05) is 32.4 Å². The summed E-state index contributed by atoms with van der Waals surface area (Å²) in [4.78, 5) is 19.7. The van der Waals surface area contributed by atoms with Gasteiger partial charge >= 0.3 is 0 Å². The van der Waals surface area contributed by atoms with Crippen LogP contribution in [0.1, 0.15) is 30.0 Å². The zero-order valence-corrected chi connectivity index (χ0v) is 16.9.